The number of benzene rings is 1. The first-order valence-electron chi connectivity index (χ1n) is 7.27. The number of fused-ring (bicyclic) bond motifs is 1. The fraction of sp³-hybridized carbons (Fsp3) is 0.625. The third kappa shape index (κ3) is 2.20. The first kappa shape index (κ1) is 12.8. The van der Waals surface area contributed by atoms with Crippen LogP contribution >= 0.6 is 0 Å². The Morgan fingerprint density at radius 1 is 1.26 bits per heavy atom. The van der Waals surface area contributed by atoms with E-state index in [1.807, 2.05) is 6.07 Å². The number of hydrogen-bond acceptors (Lipinski definition) is 3. The molecule has 1 aromatic rings. The summed E-state index contributed by atoms with van der Waals surface area (Å²) in [6.45, 7) is 8.86. The minimum atomic E-state index is 0.285. The standard InChI is InChI=1S/C16H23NO2/c1-10-6-11(2)12(3)17(8-10)15-9-19-16-7-13(18)4-5-14(15)16/h4-5,7,10-12,15,18H,6,8-9H2,1-3H3. The summed E-state index contributed by atoms with van der Waals surface area (Å²) in [5.74, 6) is 2.60. The van der Waals surface area contributed by atoms with Crippen molar-refractivity contribution in [3.8, 4) is 11.5 Å². The summed E-state index contributed by atoms with van der Waals surface area (Å²) in [4.78, 5) is 2.59. The summed E-state index contributed by atoms with van der Waals surface area (Å²) in [6, 6.07) is 6.44. The Labute approximate surface area is 115 Å². The second-order valence-electron chi connectivity index (χ2n) is 6.30. The van der Waals surface area contributed by atoms with Crippen molar-refractivity contribution in [1.29, 1.82) is 0 Å². The lowest BCUT2D eigenvalue weighted by Gasteiger charge is -2.44. The van der Waals surface area contributed by atoms with Gasteiger partial charge in [-0.2, -0.15) is 0 Å². The van der Waals surface area contributed by atoms with Gasteiger partial charge in [-0.15, -0.1) is 0 Å². The molecule has 3 rings (SSSR count). The maximum Gasteiger partial charge on any atom is 0.127 e. The molecule has 4 unspecified atom stereocenters. The normalized spacial score (nSPS) is 34.9. The largest absolute Gasteiger partial charge is 0.508 e. The molecule has 19 heavy (non-hydrogen) atoms. The van der Waals surface area contributed by atoms with Gasteiger partial charge in [0.25, 0.3) is 0 Å². The molecule has 0 radical (unpaired) electrons. The zero-order valence-electron chi connectivity index (χ0n) is 12.0. The van der Waals surface area contributed by atoms with E-state index in [0.717, 1.165) is 24.1 Å². The highest BCUT2D eigenvalue weighted by Gasteiger charge is 2.37. The van der Waals surface area contributed by atoms with Crippen LogP contribution in [0.1, 0.15) is 38.8 Å². The summed E-state index contributed by atoms with van der Waals surface area (Å²) in [5.41, 5.74) is 1.23. The highest BCUT2D eigenvalue weighted by molar-refractivity contribution is 5.44. The van der Waals surface area contributed by atoms with Gasteiger partial charge >= 0.3 is 0 Å². The second-order valence-corrected chi connectivity index (χ2v) is 6.30. The lowest BCUT2D eigenvalue weighted by Crippen LogP contribution is -2.47. The van der Waals surface area contributed by atoms with Crippen LogP contribution in [0.25, 0.3) is 0 Å². The van der Waals surface area contributed by atoms with Gasteiger partial charge in [-0.25, -0.2) is 0 Å². The van der Waals surface area contributed by atoms with Crippen molar-refractivity contribution >= 4 is 0 Å². The summed E-state index contributed by atoms with van der Waals surface area (Å²) in [7, 11) is 0. The van der Waals surface area contributed by atoms with E-state index in [2.05, 4.69) is 25.7 Å². The number of hydrogen-bond donors (Lipinski definition) is 1. The predicted octanol–water partition coefficient (Wildman–Crippen LogP) is 3.19. The third-order valence-electron chi connectivity index (χ3n) is 4.80. The quantitative estimate of drug-likeness (QED) is 0.842. The number of phenols is 1. The van der Waals surface area contributed by atoms with Gasteiger partial charge in [-0.05, 0) is 37.3 Å². The molecule has 0 saturated carbocycles. The van der Waals surface area contributed by atoms with Crippen LogP contribution in [0.4, 0.5) is 0 Å². The van der Waals surface area contributed by atoms with Crippen LogP contribution in [-0.4, -0.2) is 29.2 Å². The molecule has 0 bridgehead atoms. The zero-order valence-corrected chi connectivity index (χ0v) is 12.0. The predicted molar refractivity (Wildman–Crippen MR) is 75.5 cm³/mol. The number of likely N-dealkylation sites (tertiary alicyclic amines) is 1. The Hall–Kier alpha value is -1.22. The minimum absolute atomic E-state index is 0.285. The Bertz CT molecular complexity index is 474. The SMILES string of the molecule is CC1CC(C)C(C)N(C2COc3cc(O)ccc32)C1. The average Bonchev–Trinajstić information content (AvgIpc) is 2.76. The van der Waals surface area contributed by atoms with E-state index < -0.39 is 0 Å². The van der Waals surface area contributed by atoms with Gasteiger partial charge in [0.15, 0.2) is 0 Å². The topological polar surface area (TPSA) is 32.7 Å². The number of phenolic OH excluding ortho intramolecular Hbond substituents is 1. The van der Waals surface area contributed by atoms with Crippen molar-refractivity contribution in [3.63, 3.8) is 0 Å². The molecule has 2 heterocycles. The summed E-state index contributed by atoms with van der Waals surface area (Å²) in [5, 5.41) is 9.54. The van der Waals surface area contributed by atoms with Gasteiger partial charge in [0.05, 0.1) is 6.04 Å². The summed E-state index contributed by atoms with van der Waals surface area (Å²) < 4.78 is 5.76. The van der Waals surface area contributed by atoms with Crippen molar-refractivity contribution in [3.05, 3.63) is 23.8 Å². The molecule has 0 amide bonds. The summed E-state index contributed by atoms with van der Waals surface area (Å²) in [6.07, 6.45) is 1.31. The maximum atomic E-state index is 9.54. The maximum absolute atomic E-state index is 9.54. The Balaban J connectivity index is 1.88. The first-order valence-corrected chi connectivity index (χ1v) is 7.27. The third-order valence-corrected chi connectivity index (χ3v) is 4.80. The van der Waals surface area contributed by atoms with Crippen LogP contribution < -0.4 is 4.74 Å². The van der Waals surface area contributed by atoms with Crippen molar-refractivity contribution in [2.75, 3.05) is 13.2 Å². The van der Waals surface area contributed by atoms with Crippen LogP contribution in [0.3, 0.4) is 0 Å². The van der Waals surface area contributed by atoms with Crippen LogP contribution in [0.15, 0.2) is 18.2 Å². The molecular weight excluding hydrogens is 238 g/mol. The van der Waals surface area contributed by atoms with Crippen LogP contribution in [0.5, 0.6) is 11.5 Å². The molecule has 3 nitrogen and oxygen atoms in total. The van der Waals surface area contributed by atoms with Gasteiger partial charge in [0, 0.05) is 24.2 Å². The van der Waals surface area contributed by atoms with Crippen LogP contribution in [-0.2, 0) is 0 Å². The van der Waals surface area contributed by atoms with Crippen LogP contribution in [0.2, 0.25) is 0 Å². The molecule has 1 N–H and O–H groups in total. The Morgan fingerprint density at radius 2 is 2.05 bits per heavy atom. The molecule has 4 atom stereocenters. The number of piperidine rings is 1. The van der Waals surface area contributed by atoms with E-state index in [1.165, 1.54) is 12.0 Å². The minimum Gasteiger partial charge on any atom is -0.508 e. The van der Waals surface area contributed by atoms with Crippen molar-refractivity contribution in [2.24, 2.45) is 11.8 Å². The molecule has 3 heteroatoms. The lowest BCUT2D eigenvalue weighted by molar-refractivity contribution is 0.0316. The molecule has 1 fully saturated rings. The zero-order chi connectivity index (χ0) is 13.6. The Morgan fingerprint density at radius 3 is 2.84 bits per heavy atom. The molecule has 0 spiro atoms. The van der Waals surface area contributed by atoms with E-state index in [-0.39, 0.29) is 5.75 Å². The molecule has 0 aliphatic carbocycles. The highest BCUT2D eigenvalue weighted by Crippen LogP contribution is 2.42. The molecule has 1 aromatic carbocycles. The number of rotatable bonds is 1. The molecular formula is C16H23NO2. The van der Waals surface area contributed by atoms with E-state index >= 15 is 0 Å². The van der Waals surface area contributed by atoms with Crippen molar-refractivity contribution < 1.29 is 9.84 Å². The molecule has 104 valence electrons. The van der Waals surface area contributed by atoms with Crippen molar-refractivity contribution in [2.45, 2.75) is 39.3 Å². The van der Waals surface area contributed by atoms with E-state index in [0.29, 0.717) is 18.7 Å². The van der Waals surface area contributed by atoms with Crippen LogP contribution in [0, 0.1) is 11.8 Å². The second kappa shape index (κ2) is 4.71. The van der Waals surface area contributed by atoms with Gasteiger partial charge in [0.2, 0.25) is 0 Å². The summed E-state index contributed by atoms with van der Waals surface area (Å²) >= 11 is 0. The molecule has 2 aliphatic heterocycles. The molecule has 2 aliphatic rings. The average molecular weight is 261 g/mol. The fourth-order valence-electron chi connectivity index (χ4n) is 3.63. The highest BCUT2D eigenvalue weighted by atomic mass is 16.5. The van der Waals surface area contributed by atoms with E-state index in [4.69, 9.17) is 4.74 Å². The lowest BCUT2D eigenvalue weighted by atomic mass is 9.84. The first-order chi connectivity index (χ1) is 9.06. The van der Waals surface area contributed by atoms with E-state index in [1.54, 1.807) is 12.1 Å². The number of aromatic hydroxyl groups is 1. The van der Waals surface area contributed by atoms with Gasteiger partial charge in [-0.3, -0.25) is 4.90 Å². The van der Waals surface area contributed by atoms with E-state index in [9.17, 15) is 5.11 Å². The number of ether oxygens (including phenoxy) is 1. The molecule has 0 aromatic heterocycles. The fourth-order valence-corrected chi connectivity index (χ4v) is 3.63. The smallest absolute Gasteiger partial charge is 0.127 e. The van der Waals surface area contributed by atoms with Gasteiger partial charge in [-0.1, -0.05) is 13.8 Å². The van der Waals surface area contributed by atoms with Crippen molar-refractivity contribution in [1.82, 2.24) is 4.90 Å². The van der Waals surface area contributed by atoms with Gasteiger partial charge in [0.1, 0.15) is 18.1 Å². The monoisotopic (exact) mass is 261 g/mol. The number of nitrogens with zero attached hydrogens (tertiary/aromatic N) is 1. The Kier molecular flexibility index (Phi) is 3.17. The van der Waals surface area contributed by atoms with Gasteiger partial charge < -0.3 is 9.84 Å². The molecule has 1 saturated heterocycles.